The zero-order valence-electron chi connectivity index (χ0n) is 4.15. The predicted octanol–water partition coefficient (Wildman–Crippen LogP) is 0.420. The van der Waals surface area contributed by atoms with Crippen LogP contribution in [0.2, 0.25) is 0 Å². The largest absolute Gasteiger partial charge is 0.511 e. The van der Waals surface area contributed by atoms with Gasteiger partial charge in [-0.3, -0.25) is 0 Å². The van der Waals surface area contributed by atoms with E-state index in [1.807, 2.05) is 0 Å². The van der Waals surface area contributed by atoms with Crippen molar-refractivity contribution in [3.8, 4) is 0 Å². The van der Waals surface area contributed by atoms with Crippen LogP contribution in [0, 0.1) is 0 Å². The summed E-state index contributed by atoms with van der Waals surface area (Å²) < 4.78 is 0. The van der Waals surface area contributed by atoms with Crippen LogP contribution in [0.3, 0.4) is 0 Å². The van der Waals surface area contributed by atoms with Gasteiger partial charge in [0.25, 0.3) is 0 Å². The first-order valence-corrected chi connectivity index (χ1v) is 2.42. The molecule has 40 valence electrons. The lowest BCUT2D eigenvalue weighted by Gasteiger charge is -2.25. The number of aliphatic hydroxyl groups is 1. The van der Waals surface area contributed by atoms with Crippen LogP contribution >= 0.6 is 0 Å². The average Bonchev–Trinajstić information content (AvgIpc) is 1.23. The molecule has 0 aliphatic carbocycles. The minimum Gasteiger partial charge on any atom is -0.511 e. The third-order valence-corrected chi connectivity index (χ3v) is 1.23. The Morgan fingerprint density at radius 1 is 1.86 bits per heavy atom. The summed E-state index contributed by atoms with van der Waals surface area (Å²) in [6.45, 7) is 4.39. The second-order valence-electron chi connectivity index (χ2n) is 1.79. The molecule has 2 N–H and O–H groups in total. The molecule has 0 bridgehead atoms. The second kappa shape index (κ2) is 1.54. The number of hydrogen-bond acceptors (Lipinski definition) is 2. The van der Waals surface area contributed by atoms with Crippen molar-refractivity contribution in [2.45, 2.75) is 12.5 Å². The molecular weight excluding hydrogens is 90.1 g/mol. The van der Waals surface area contributed by atoms with Gasteiger partial charge in [0.05, 0.1) is 6.04 Å². The van der Waals surface area contributed by atoms with E-state index in [0.717, 1.165) is 13.0 Å². The van der Waals surface area contributed by atoms with Gasteiger partial charge < -0.3 is 10.4 Å². The molecule has 0 amide bonds. The van der Waals surface area contributed by atoms with Crippen molar-refractivity contribution < 1.29 is 5.11 Å². The summed E-state index contributed by atoms with van der Waals surface area (Å²) in [6, 6.07) is 0.194. The minimum atomic E-state index is 0.194. The Hall–Kier alpha value is -0.500. The summed E-state index contributed by atoms with van der Waals surface area (Å²) >= 11 is 0. The number of rotatable bonds is 1. The molecule has 0 unspecified atom stereocenters. The van der Waals surface area contributed by atoms with Crippen LogP contribution in [0.1, 0.15) is 6.42 Å². The lowest BCUT2D eigenvalue weighted by molar-refractivity contribution is 0.285. The van der Waals surface area contributed by atoms with Crippen LogP contribution in [0.25, 0.3) is 0 Å². The fourth-order valence-electron chi connectivity index (χ4n) is 0.573. The van der Waals surface area contributed by atoms with Crippen LogP contribution in [0.5, 0.6) is 0 Å². The number of nitrogens with one attached hydrogen (secondary N) is 1. The van der Waals surface area contributed by atoms with Gasteiger partial charge in [0.2, 0.25) is 0 Å². The molecule has 0 radical (unpaired) electrons. The van der Waals surface area contributed by atoms with Crippen molar-refractivity contribution in [3.63, 3.8) is 0 Å². The van der Waals surface area contributed by atoms with Gasteiger partial charge in [0.15, 0.2) is 0 Å². The SMILES string of the molecule is C=C(O)[C@@H]1CCN1. The maximum absolute atomic E-state index is 8.62. The predicted molar refractivity (Wildman–Crippen MR) is 28.2 cm³/mol. The highest BCUT2D eigenvalue weighted by Gasteiger charge is 2.17. The Bertz CT molecular complexity index is 86.1. The smallest absolute Gasteiger partial charge is 0.102 e. The monoisotopic (exact) mass is 99.1 g/mol. The fraction of sp³-hybridized carbons (Fsp3) is 0.600. The summed E-state index contributed by atoms with van der Waals surface area (Å²) in [5, 5.41) is 11.6. The van der Waals surface area contributed by atoms with Gasteiger partial charge >= 0.3 is 0 Å². The van der Waals surface area contributed by atoms with Gasteiger partial charge in [-0.25, -0.2) is 0 Å². The van der Waals surface area contributed by atoms with Crippen molar-refractivity contribution >= 4 is 0 Å². The molecule has 1 atom stereocenters. The van der Waals surface area contributed by atoms with E-state index >= 15 is 0 Å². The summed E-state index contributed by atoms with van der Waals surface area (Å²) in [5.74, 6) is 0.270. The Kier molecular flexibility index (Phi) is 1.02. The van der Waals surface area contributed by atoms with Crippen molar-refractivity contribution in [1.29, 1.82) is 0 Å². The molecule has 1 fully saturated rings. The molecule has 0 spiro atoms. The lowest BCUT2D eigenvalue weighted by Crippen LogP contribution is -2.43. The molecule has 1 aliphatic heterocycles. The molecular formula is C5H9NO. The van der Waals surface area contributed by atoms with Gasteiger partial charge in [-0.2, -0.15) is 0 Å². The van der Waals surface area contributed by atoms with E-state index in [-0.39, 0.29) is 11.8 Å². The van der Waals surface area contributed by atoms with E-state index in [1.165, 1.54) is 0 Å². The Morgan fingerprint density at radius 3 is 2.43 bits per heavy atom. The van der Waals surface area contributed by atoms with E-state index in [0.29, 0.717) is 0 Å². The summed E-state index contributed by atoms with van der Waals surface area (Å²) in [5.41, 5.74) is 0. The molecule has 2 heteroatoms. The third kappa shape index (κ3) is 0.747. The summed E-state index contributed by atoms with van der Waals surface area (Å²) in [6.07, 6.45) is 1.04. The van der Waals surface area contributed by atoms with Gasteiger partial charge in [0.1, 0.15) is 5.76 Å². The van der Waals surface area contributed by atoms with Gasteiger partial charge in [-0.05, 0) is 13.0 Å². The van der Waals surface area contributed by atoms with E-state index in [1.54, 1.807) is 0 Å². The minimum absolute atomic E-state index is 0.194. The molecule has 1 aliphatic rings. The maximum atomic E-state index is 8.62. The Labute approximate surface area is 42.8 Å². The summed E-state index contributed by atoms with van der Waals surface area (Å²) in [7, 11) is 0. The van der Waals surface area contributed by atoms with Crippen LogP contribution in [-0.4, -0.2) is 17.7 Å². The first-order chi connectivity index (χ1) is 3.30. The summed E-state index contributed by atoms with van der Waals surface area (Å²) in [4.78, 5) is 0. The van der Waals surface area contributed by atoms with Crippen molar-refractivity contribution in [1.82, 2.24) is 5.32 Å². The zero-order chi connectivity index (χ0) is 5.28. The lowest BCUT2D eigenvalue weighted by atomic mass is 10.1. The third-order valence-electron chi connectivity index (χ3n) is 1.23. The van der Waals surface area contributed by atoms with E-state index in [2.05, 4.69) is 11.9 Å². The number of hydrogen-bond donors (Lipinski definition) is 2. The van der Waals surface area contributed by atoms with Crippen LogP contribution < -0.4 is 5.32 Å². The molecule has 0 saturated carbocycles. The molecule has 0 aromatic rings. The molecule has 7 heavy (non-hydrogen) atoms. The van der Waals surface area contributed by atoms with E-state index in [4.69, 9.17) is 5.11 Å². The highest BCUT2D eigenvalue weighted by atomic mass is 16.3. The zero-order valence-corrected chi connectivity index (χ0v) is 4.15. The average molecular weight is 99.1 g/mol. The molecule has 1 saturated heterocycles. The Morgan fingerprint density at radius 2 is 2.43 bits per heavy atom. The topological polar surface area (TPSA) is 32.3 Å². The van der Waals surface area contributed by atoms with Crippen LogP contribution in [0.4, 0.5) is 0 Å². The maximum Gasteiger partial charge on any atom is 0.102 e. The van der Waals surface area contributed by atoms with Gasteiger partial charge in [-0.1, -0.05) is 6.58 Å². The Balaban J connectivity index is 2.27. The quantitative estimate of drug-likeness (QED) is 0.467. The van der Waals surface area contributed by atoms with E-state index < -0.39 is 0 Å². The second-order valence-corrected chi connectivity index (χ2v) is 1.79. The highest BCUT2D eigenvalue weighted by molar-refractivity contribution is 4.99. The fourth-order valence-corrected chi connectivity index (χ4v) is 0.573. The molecule has 1 rings (SSSR count). The van der Waals surface area contributed by atoms with Crippen molar-refractivity contribution in [3.05, 3.63) is 12.3 Å². The van der Waals surface area contributed by atoms with Crippen molar-refractivity contribution in [2.75, 3.05) is 6.54 Å². The molecule has 0 aromatic carbocycles. The first-order valence-electron chi connectivity index (χ1n) is 2.42. The van der Waals surface area contributed by atoms with E-state index in [9.17, 15) is 0 Å². The van der Waals surface area contributed by atoms with Crippen LogP contribution in [0.15, 0.2) is 12.3 Å². The first kappa shape index (κ1) is 4.65. The van der Waals surface area contributed by atoms with Crippen LogP contribution in [-0.2, 0) is 0 Å². The van der Waals surface area contributed by atoms with Gasteiger partial charge in [-0.15, -0.1) is 0 Å². The number of aliphatic hydroxyl groups excluding tert-OH is 1. The molecule has 0 aromatic heterocycles. The molecule has 1 heterocycles. The normalized spacial score (nSPS) is 28.9. The standard InChI is InChI=1S/C5H9NO/c1-4(7)5-2-3-6-5/h5-7H,1-3H2/t5-/m0/s1. The molecule has 2 nitrogen and oxygen atoms in total. The van der Waals surface area contributed by atoms with Gasteiger partial charge in [0, 0.05) is 0 Å². The van der Waals surface area contributed by atoms with Crippen molar-refractivity contribution in [2.24, 2.45) is 0 Å². The highest BCUT2D eigenvalue weighted by Crippen LogP contribution is 2.06.